The van der Waals surface area contributed by atoms with Crippen LogP contribution in [0.3, 0.4) is 0 Å². The smallest absolute Gasteiger partial charge is 0.202 e. The Morgan fingerprint density at radius 3 is 1.38 bits per heavy atom. The van der Waals surface area contributed by atoms with Gasteiger partial charge >= 0.3 is 0 Å². The summed E-state index contributed by atoms with van der Waals surface area (Å²) in [4.78, 5) is 40.3. The summed E-state index contributed by atoms with van der Waals surface area (Å²) < 4.78 is 0. The standard InChI is InChI=1S/C9H8O4/c10-3-1-8(6-12)5-9(7-13)2-4-11/h8-9H,1-2,5H2. The largest absolute Gasteiger partial charge is 0.291 e. The van der Waals surface area contributed by atoms with E-state index in [0.717, 1.165) is 0 Å². The SMILES string of the molecule is O=[C]CC([C]=O)CC([C]=O)C[C]=O. The van der Waals surface area contributed by atoms with Gasteiger partial charge in [-0.3, -0.25) is 19.2 Å². The second-order valence-electron chi connectivity index (χ2n) is 2.56. The first kappa shape index (κ1) is 11.7. The van der Waals surface area contributed by atoms with Crippen LogP contribution in [0.4, 0.5) is 0 Å². The molecule has 4 radical (unpaired) electrons. The molecule has 4 nitrogen and oxygen atoms in total. The Morgan fingerprint density at radius 2 is 1.15 bits per heavy atom. The highest BCUT2D eigenvalue weighted by atomic mass is 16.1. The summed E-state index contributed by atoms with van der Waals surface area (Å²) in [6.07, 6.45) is 6.22. The first-order valence-electron chi connectivity index (χ1n) is 3.73. The molecule has 0 aromatic heterocycles. The van der Waals surface area contributed by atoms with Crippen molar-refractivity contribution in [2.75, 3.05) is 0 Å². The van der Waals surface area contributed by atoms with Gasteiger partial charge in [0.2, 0.25) is 12.6 Å². The summed E-state index contributed by atoms with van der Waals surface area (Å²) in [6, 6.07) is 0. The molecule has 0 aromatic rings. The van der Waals surface area contributed by atoms with E-state index in [1.54, 1.807) is 25.1 Å². The number of rotatable bonds is 8. The molecule has 4 heteroatoms. The fourth-order valence-electron chi connectivity index (χ4n) is 0.891. The molecule has 2 unspecified atom stereocenters. The minimum Gasteiger partial charge on any atom is -0.291 e. The molecule has 0 heterocycles. The summed E-state index contributed by atoms with van der Waals surface area (Å²) in [7, 11) is 0. The highest BCUT2D eigenvalue weighted by Gasteiger charge is 2.16. The minimum atomic E-state index is -0.669. The maximum Gasteiger partial charge on any atom is 0.202 e. The van der Waals surface area contributed by atoms with Crippen LogP contribution in [0, 0.1) is 11.8 Å². The van der Waals surface area contributed by atoms with Gasteiger partial charge in [0, 0.05) is 24.7 Å². The molecule has 0 aliphatic carbocycles. The van der Waals surface area contributed by atoms with E-state index < -0.39 is 11.8 Å². The lowest BCUT2D eigenvalue weighted by molar-refractivity contribution is 0.448. The predicted molar refractivity (Wildman–Crippen MR) is 43.6 cm³/mol. The van der Waals surface area contributed by atoms with Gasteiger partial charge in [-0.1, -0.05) is 0 Å². The predicted octanol–water partition coefficient (Wildman–Crippen LogP) is -0.172. The van der Waals surface area contributed by atoms with Gasteiger partial charge in [0.05, 0.1) is 0 Å². The molecule has 68 valence electrons. The van der Waals surface area contributed by atoms with Crippen molar-refractivity contribution in [3.63, 3.8) is 0 Å². The Hall–Kier alpha value is -1.32. The van der Waals surface area contributed by atoms with Crippen molar-refractivity contribution in [1.82, 2.24) is 0 Å². The van der Waals surface area contributed by atoms with Crippen LogP contribution in [0.2, 0.25) is 0 Å². The maximum atomic E-state index is 10.2. The molecular weight excluding hydrogens is 172 g/mol. The molecule has 0 spiro atoms. The van der Waals surface area contributed by atoms with Crippen molar-refractivity contribution in [2.24, 2.45) is 11.8 Å². The molecule has 13 heavy (non-hydrogen) atoms. The van der Waals surface area contributed by atoms with Crippen molar-refractivity contribution in [1.29, 1.82) is 0 Å². The van der Waals surface area contributed by atoms with Gasteiger partial charge in [0.25, 0.3) is 0 Å². The van der Waals surface area contributed by atoms with Gasteiger partial charge in [0.1, 0.15) is 0 Å². The second kappa shape index (κ2) is 7.34. The zero-order valence-electron chi connectivity index (χ0n) is 6.91. The summed E-state index contributed by atoms with van der Waals surface area (Å²) in [5.74, 6) is -1.34. The molecule has 0 saturated carbocycles. The zero-order chi connectivity index (χ0) is 10.1. The summed E-state index contributed by atoms with van der Waals surface area (Å²) in [5, 5.41) is 0. The number of hydrogen-bond acceptors (Lipinski definition) is 4. The lowest BCUT2D eigenvalue weighted by Crippen LogP contribution is -2.12. The van der Waals surface area contributed by atoms with E-state index in [-0.39, 0.29) is 19.3 Å². The van der Waals surface area contributed by atoms with Gasteiger partial charge in [0.15, 0.2) is 12.6 Å². The first-order chi connectivity index (χ1) is 6.28. The highest BCUT2D eigenvalue weighted by Crippen LogP contribution is 2.13. The molecule has 0 bridgehead atoms. The van der Waals surface area contributed by atoms with E-state index in [2.05, 4.69) is 0 Å². The van der Waals surface area contributed by atoms with E-state index in [9.17, 15) is 19.2 Å². The molecule has 2 atom stereocenters. The van der Waals surface area contributed by atoms with Crippen LogP contribution in [-0.4, -0.2) is 25.1 Å². The average molecular weight is 180 g/mol. The molecule has 0 rings (SSSR count). The van der Waals surface area contributed by atoms with Gasteiger partial charge in [-0.2, -0.15) is 0 Å². The lowest BCUT2D eigenvalue weighted by atomic mass is 9.93. The highest BCUT2D eigenvalue weighted by molar-refractivity contribution is 5.66. The topological polar surface area (TPSA) is 68.3 Å². The molecule has 0 N–H and O–H groups in total. The summed E-state index contributed by atoms with van der Waals surface area (Å²) >= 11 is 0. The van der Waals surface area contributed by atoms with Crippen molar-refractivity contribution in [2.45, 2.75) is 19.3 Å². The van der Waals surface area contributed by atoms with Crippen LogP contribution in [0.15, 0.2) is 0 Å². The lowest BCUT2D eigenvalue weighted by Gasteiger charge is -2.07. The molecule has 0 aliphatic heterocycles. The fourth-order valence-corrected chi connectivity index (χ4v) is 0.891. The van der Waals surface area contributed by atoms with Crippen molar-refractivity contribution in [3.05, 3.63) is 0 Å². The molecule has 0 amide bonds. The van der Waals surface area contributed by atoms with E-state index in [4.69, 9.17) is 0 Å². The molecule has 0 fully saturated rings. The van der Waals surface area contributed by atoms with Crippen LogP contribution in [-0.2, 0) is 19.2 Å². The fraction of sp³-hybridized carbons (Fsp3) is 0.556. The van der Waals surface area contributed by atoms with Crippen LogP contribution < -0.4 is 0 Å². The number of carbonyl (C=O) groups excluding carboxylic acids is 4. The second-order valence-corrected chi connectivity index (χ2v) is 2.56. The molecule has 0 aliphatic rings. The third-order valence-corrected chi connectivity index (χ3v) is 1.56. The Bertz CT molecular complexity index is 168. The third-order valence-electron chi connectivity index (χ3n) is 1.56. The van der Waals surface area contributed by atoms with E-state index in [1.165, 1.54) is 0 Å². The summed E-state index contributed by atoms with van der Waals surface area (Å²) in [5.41, 5.74) is 0. The molecular formula is C9H8O4. The van der Waals surface area contributed by atoms with Crippen molar-refractivity contribution < 1.29 is 19.2 Å². The normalized spacial score (nSPS) is 14.2. The van der Waals surface area contributed by atoms with Gasteiger partial charge in [-0.25, -0.2) is 0 Å². The van der Waals surface area contributed by atoms with Gasteiger partial charge < -0.3 is 0 Å². The zero-order valence-corrected chi connectivity index (χ0v) is 6.91. The Balaban J connectivity index is 4.00. The molecule has 0 aromatic carbocycles. The van der Waals surface area contributed by atoms with Crippen LogP contribution in [0.5, 0.6) is 0 Å². The van der Waals surface area contributed by atoms with E-state index in [0.29, 0.717) is 0 Å². The monoisotopic (exact) mass is 180 g/mol. The minimum absolute atomic E-state index is 0.0967. The van der Waals surface area contributed by atoms with E-state index >= 15 is 0 Å². The summed E-state index contributed by atoms with van der Waals surface area (Å²) in [6.45, 7) is 0. The van der Waals surface area contributed by atoms with Crippen molar-refractivity contribution in [3.8, 4) is 0 Å². The Labute approximate surface area is 76.3 Å². The quantitative estimate of drug-likeness (QED) is 0.520. The van der Waals surface area contributed by atoms with Crippen LogP contribution in [0.1, 0.15) is 19.3 Å². The number of hydrogen-bond donors (Lipinski definition) is 0. The van der Waals surface area contributed by atoms with Gasteiger partial charge in [-0.05, 0) is 6.42 Å². The van der Waals surface area contributed by atoms with E-state index in [1.807, 2.05) is 0 Å². The molecule has 0 saturated heterocycles. The Kier molecular flexibility index (Phi) is 6.59. The Morgan fingerprint density at radius 1 is 0.769 bits per heavy atom. The van der Waals surface area contributed by atoms with Crippen LogP contribution in [0.25, 0.3) is 0 Å². The third kappa shape index (κ3) is 5.00. The van der Waals surface area contributed by atoms with Crippen LogP contribution >= 0.6 is 0 Å². The van der Waals surface area contributed by atoms with Crippen molar-refractivity contribution >= 4 is 25.1 Å². The maximum absolute atomic E-state index is 10.2. The average Bonchev–Trinajstić information content (AvgIpc) is 2.16. The first-order valence-corrected chi connectivity index (χ1v) is 3.73. The van der Waals surface area contributed by atoms with Gasteiger partial charge in [-0.15, -0.1) is 0 Å².